The Morgan fingerprint density at radius 2 is 2.09 bits per heavy atom. The van der Waals surface area contributed by atoms with Crippen molar-refractivity contribution in [2.24, 2.45) is 0 Å². The third-order valence-electron chi connectivity index (χ3n) is 4.35. The van der Waals surface area contributed by atoms with E-state index in [1.807, 2.05) is 13.8 Å². The largest absolute Gasteiger partial charge is 0.501 e. The van der Waals surface area contributed by atoms with Crippen LogP contribution in [0.4, 0.5) is 10.2 Å². The molecule has 0 atom stereocenters. The van der Waals surface area contributed by atoms with E-state index in [1.165, 1.54) is 6.20 Å². The standard InChI is InChI=1S/C17H17FN4O/c1-9-4-5-14(23-3)10(2)15(9)22-16-12(7-21-8-13(16)18)11(6-19)17(22)20/h7-8H,4-5,20H2,1-3H3. The minimum atomic E-state index is -0.506. The molecule has 0 radical (unpaired) electrons. The molecular weight excluding hydrogens is 295 g/mol. The average molecular weight is 312 g/mol. The van der Waals surface area contributed by atoms with Gasteiger partial charge in [0.1, 0.15) is 23.2 Å². The van der Waals surface area contributed by atoms with Crippen LogP contribution in [0.3, 0.4) is 0 Å². The van der Waals surface area contributed by atoms with Crippen molar-refractivity contribution >= 4 is 22.4 Å². The Morgan fingerprint density at radius 1 is 1.35 bits per heavy atom. The molecule has 0 saturated carbocycles. The summed E-state index contributed by atoms with van der Waals surface area (Å²) in [6.45, 7) is 3.91. The normalized spacial score (nSPS) is 15.3. The van der Waals surface area contributed by atoms with Crippen LogP contribution in [-0.4, -0.2) is 16.7 Å². The first-order valence-electron chi connectivity index (χ1n) is 7.29. The van der Waals surface area contributed by atoms with Crippen LogP contribution in [0.2, 0.25) is 0 Å². The maximum Gasteiger partial charge on any atom is 0.166 e. The molecule has 0 saturated heterocycles. The SMILES string of the molecule is COC1=C(C)C(n2c(N)c(C#N)c3cncc(F)c32)=C(C)CC1. The van der Waals surface area contributed by atoms with E-state index in [2.05, 4.69) is 11.1 Å². The summed E-state index contributed by atoms with van der Waals surface area (Å²) in [6.07, 6.45) is 4.20. The highest BCUT2D eigenvalue weighted by Gasteiger charge is 2.26. The fourth-order valence-electron chi connectivity index (χ4n) is 3.23. The van der Waals surface area contributed by atoms with E-state index in [1.54, 1.807) is 11.7 Å². The molecule has 3 rings (SSSR count). The van der Waals surface area contributed by atoms with E-state index in [4.69, 9.17) is 10.5 Å². The first-order valence-corrected chi connectivity index (χ1v) is 7.29. The Bertz CT molecular complexity index is 915. The van der Waals surface area contributed by atoms with Gasteiger partial charge in [-0.05, 0) is 25.8 Å². The van der Waals surface area contributed by atoms with Gasteiger partial charge in [0.25, 0.3) is 0 Å². The molecule has 0 amide bonds. The Morgan fingerprint density at radius 3 is 2.74 bits per heavy atom. The third-order valence-corrected chi connectivity index (χ3v) is 4.35. The summed E-state index contributed by atoms with van der Waals surface area (Å²) in [4.78, 5) is 3.84. The summed E-state index contributed by atoms with van der Waals surface area (Å²) in [7, 11) is 1.62. The van der Waals surface area contributed by atoms with Crippen molar-refractivity contribution in [1.29, 1.82) is 5.26 Å². The number of hydrogen-bond acceptors (Lipinski definition) is 4. The van der Waals surface area contributed by atoms with Gasteiger partial charge >= 0.3 is 0 Å². The molecule has 2 aromatic heterocycles. The molecule has 23 heavy (non-hydrogen) atoms. The summed E-state index contributed by atoms with van der Waals surface area (Å²) in [5.74, 6) is 0.564. The van der Waals surface area contributed by atoms with Crippen molar-refractivity contribution in [2.45, 2.75) is 26.7 Å². The Labute approximate surface area is 133 Å². The number of pyridine rings is 1. The number of ether oxygens (including phenoxy) is 1. The number of methoxy groups -OCH3 is 1. The smallest absolute Gasteiger partial charge is 0.166 e. The number of nitrogens with two attached hydrogens (primary N) is 1. The minimum absolute atomic E-state index is 0.223. The molecule has 6 heteroatoms. The zero-order valence-electron chi connectivity index (χ0n) is 13.3. The van der Waals surface area contributed by atoms with Gasteiger partial charge in [-0.15, -0.1) is 0 Å². The molecule has 2 aromatic rings. The third kappa shape index (κ3) is 2.08. The van der Waals surface area contributed by atoms with Gasteiger partial charge in [-0.3, -0.25) is 9.55 Å². The molecule has 1 aliphatic carbocycles. The van der Waals surface area contributed by atoms with Crippen LogP contribution in [0, 0.1) is 17.1 Å². The number of nitrogen functional groups attached to an aromatic ring is 1. The lowest BCUT2D eigenvalue weighted by atomic mass is 9.95. The highest BCUT2D eigenvalue weighted by molar-refractivity contribution is 5.96. The zero-order chi connectivity index (χ0) is 16.7. The van der Waals surface area contributed by atoms with Crippen LogP contribution in [0.1, 0.15) is 32.3 Å². The summed E-state index contributed by atoms with van der Waals surface area (Å²) in [6, 6.07) is 2.06. The van der Waals surface area contributed by atoms with Crippen LogP contribution >= 0.6 is 0 Å². The van der Waals surface area contributed by atoms with Gasteiger partial charge in [0, 0.05) is 23.6 Å². The summed E-state index contributed by atoms with van der Waals surface area (Å²) in [5.41, 5.74) is 9.48. The number of rotatable bonds is 2. The molecule has 118 valence electrons. The lowest BCUT2D eigenvalue weighted by molar-refractivity contribution is 0.272. The molecule has 0 aromatic carbocycles. The van der Waals surface area contributed by atoms with E-state index in [9.17, 15) is 9.65 Å². The van der Waals surface area contributed by atoms with E-state index >= 15 is 0 Å². The van der Waals surface area contributed by atoms with Crippen LogP contribution in [0.15, 0.2) is 29.3 Å². The van der Waals surface area contributed by atoms with Crippen LogP contribution in [0.25, 0.3) is 16.6 Å². The van der Waals surface area contributed by atoms with Crippen molar-refractivity contribution < 1.29 is 9.13 Å². The maximum absolute atomic E-state index is 14.4. The van der Waals surface area contributed by atoms with Crippen LogP contribution < -0.4 is 5.73 Å². The highest BCUT2D eigenvalue weighted by Crippen LogP contribution is 2.40. The molecule has 0 unspecified atom stereocenters. The summed E-state index contributed by atoms with van der Waals surface area (Å²) < 4.78 is 21.5. The van der Waals surface area contributed by atoms with Gasteiger partial charge in [0.05, 0.1) is 24.5 Å². The first-order chi connectivity index (χ1) is 11.0. The molecule has 5 nitrogen and oxygen atoms in total. The second-order valence-electron chi connectivity index (χ2n) is 5.61. The monoisotopic (exact) mass is 312 g/mol. The molecule has 0 spiro atoms. The Balaban J connectivity index is 2.44. The molecule has 0 fully saturated rings. The van der Waals surface area contributed by atoms with Crippen molar-refractivity contribution in [3.05, 3.63) is 40.7 Å². The minimum Gasteiger partial charge on any atom is -0.501 e. The van der Waals surface area contributed by atoms with Crippen molar-refractivity contribution in [3.8, 4) is 6.07 Å². The molecule has 2 N–H and O–H groups in total. The quantitative estimate of drug-likeness (QED) is 0.919. The van der Waals surface area contributed by atoms with Gasteiger partial charge in [0.2, 0.25) is 0 Å². The van der Waals surface area contributed by atoms with Gasteiger partial charge in [-0.25, -0.2) is 4.39 Å². The predicted octanol–water partition coefficient (Wildman–Crippen LogP) is 3.57. The lowest BCUT2D eigenvalue weighted by Gasteiger charge is -2.24. The average Bonchev–Trinajstić information content (AvgIpc) is 2.81. The topological polar surface area (TPSA) is 76.9 Å². The first kappa shape index (κ1) is 15.1. The second-order valence-corrected chi connectivity index (χ2v) is 5.61. The lowest BCUT2D eigenvalue weighted by Crippen LogP contribution is -2.12. The Kier molecular flexibility index (Phi) is 3.57. The molecule has 1 aliphatic rings. The second kappa shape index (κ2) is 5.43. The molecule has 0 bridgehead atoms. The number of fused-ring (bicyclic) bond motifs is 1. The number of aromatic nitrogens is 2. The van der Waals surface area contributed by atoms with Gasteiger partial charge in [-0.1, -0.05) is 0 Å². The fraction of sp³-hybridized carbons (Fsp3) is 0.294. The molecule has 2 heterocycles. The van der Waals surface area contributed by atoms with Crippen molar-refractivity contribution in [1.82, 2.24) is 9.55 Å². The number of halogens is 1. The van der Waals surface area contributed by atoms with Crippen LogP contribution in [0.5, 0.6) is 0 Å². The fourth-order valence-corrected chi connectivity index (χ4v) is 3.23. The van der Waals surface area contributed by atoms with Crippen molar-refractivity contribution in [2.75, 3.05) is 12.8 Å². The zero-order valence-corrected chi connectivity index (χ0v) is 13.3. The van der Waals surface area contributed by atoms with E-state index in [0.717, 1.165) is 41.6 Å². The molecular formula is C17H17FN4O. The summed E-state index contributed by atoms with van der Waals surface area (Å²) >= 11 is 0. The van der Waals surface area contributed by atoms with Crippen molar-refractivity contribution in [3.63, 3.8) is 0 Å². The number of nitrogens with zero attached hydrogens (tertiary/aromatic N) is 3. The molecule has 0 aliphatic heterocycles. The van der Waals surface area contributed by atoms with Gasteiger partial charge in [0.15, 0.2) is 5.82 Å². The van der Waals surface area contributed by atoms with E-state index in [0.29, 0.717) is 5.39 Å². The number of anilines is 1. The van der Waals surface area contributed by atoms with Gasteiger partial charge in [-0.2, -0.15) is 5.26 Å². The number of hydrogen-bond donors (Lipinski definition) is 1. The Hall–Kier alpha value is -2.81. The summed E-state index contributed by atoms with van der Waals surface area (Å²) in [5, 5.41) is 9.82. The number of nitriles is 1. The highest BCUT2D eigenvalue weighted by atomic mass is 19.1. The van der Waals surface area contributed by atoms with Crippen LogP contribution in [-0.2, 0) is 4.74 Å². The van der Waals surface area contributed by atoms with E-state index < -0.39 is 5.82 Å². The maximum atomic E-state index is 14.4. The predicted molar refractivity (Wildman–Crippen MR) is 86.7 cm³/mol. The number of allylic oxidation sites excluding steroid dienone is 4. The van der Waals surface area contributed by atoms with E-state index in [-0.39, 0.29) is 16.9 Å². The van der Waals surface area contributed by atoms with Gasteiger partial charge < -0.3 is 10.5 Å².